The van der Waals surface area contributed by atoms with E-state index in [0.29, 0.717) is 0 Å². The third-order valence-corrected chi connectivity index (χ3v) is 11.6. The van der Waals surface area contributed by atoms with Crippen molar-refractivity contribution in [3.63, 3.8) is 0 Å². The maximum Gasteiger partial charge on any atom is 0.143 e. The van der Waals surface area contributed by atoms with Crippen molar-refractivity contribution in [2.24, 2.45) is 0 Å². The second kappa shape index (κ2) is 12.9. The minimum atomic E-state index is 0.855. The largest absolute Gasteiger partial charge is 0.456 e. The third-order valence-electron chi connectivity index (χ3n) is 11.6. The highest BCUT2D eigenvalue weighted by atomic mass is 16.3. The van der Waals surface area contributed by atoms with Crippen molar-refractivity contribution in [2.45, 2.75) is 0 Å². The average Bonchev–Trinajstić information content (AvgIpc) is 3.97. The first kappa shape index (κ1) is 32.4. The Balaban J connectivity index is 1.20. The first-order chi connectivity index (χ1) is 28.8. The van der Waals surface area contributed by atoms with Crippen LogP contribution in [0.3, 0.4) is 0 Å². The van der Waals surface area contributed by atoms with Gasteiger partial charge in [0.15, 0.2) is 0 Å². The number of anilines is 3. The van der Waals surface area contributed by atoms with Gasteiger partial charge in [0, 0.05) is 77.8 Å². The van der Waals surface area contributed by atoms with E-state index in [2.05, 4.69) is 204 Å². The van der Waals surface area contributed by atoms with E-state index >= 15 is 0 Å². The van der Waals surface area contributed by atoms with Gasteiger partial charge in [-0.2, -0.15) is 0 Å². The van der Waals surface area contributed by atoms with Crippen molar-refractivity contribution in [2.75, 3.05) is 4.90 Å². The minimum absolute atomic E-state index is 0.855. The number of hydrogen-bond acceptors (Lipinski definition) is 3. The molecule has 0 saturated carbocycles. The van der Waals surface area contributed by atoms with Crippen molar-refractivity contribution < 1.29 is 8.83 Å². The van der Waals surface area contributed by atoms with Crippen LogP contribution in [0, 0.1) is 0 Å². The molecule has 12 aromatic rings. The Labute approximate surface area is 334 Å². The summed E-state index contributed by atoms with van der Waals surface area (Å²) in [7, 11) is 0. The summed E-state index contributed by atoms with van der Waals surface area (Å²) in [6.45, 7) is 0. The summed E-state index contributed by atoms with van der Waals surface area (Å²) in [6, 6.07) is 73.0. The lowest BCUT2D eigenvalue weighted by Gasteiger charge is -2.25. The summed E-state index contributed by atoms with van der Waals surface area (Å²) in [6.07, 6.45) is 0. The van der Waals surface area contributed by atoms with Crippen LogP contribution in [0.4, 0.5) is 17.1 Å². The van der Waals surface area contributed by atoms with Crippen LogP contribution in [-0.2, 0) is 0 Å². The summed E-state index contributed by atoms with van der Waals surface area (Å²) in [4.78, 5) is 2.30. The molecular formula is C54H34N2O2. The molecule has 0 unspecified atom stereocenters. The molecule has 4 heteroatoms. The minimum Gasteiger partial charge on any atom is -0.456 e. The zero-order valence-electron chi connectivity index (χ0n) is 31.3. The SMILES string of the molecule is c1ccc(-c2c3c(cc4c2c2cccc(-c5cccc6c5oc5ccccc56)c2n4-c2ccc(N(c4ccccc4)c4ccccc4)cc2)oc2ccccc23)cc1. The van der Waals surface area contributed by atoms with Gasteiger partial charge in [-0.1, -0.05) is 140 Å². The predicted octanol–water partition coefficient (Wildman–Crippen LogP) is 15.4. The second-order valence-corrected chi connectivity index (χ2v) is 14.8. The van der Waals surface area contributed by atoms with Gasteiger partial charge in [-0.3, -0.25) is 0 Å². The molecule has 4 nitrogen and oxygen atoms in total. The summed E-state index contributed by atoms with van der Waals surface area (Å²) in [5, 5.41) is 6.78. The van der Waals surface area contributed by atoms with Gasteiger partial charge in [0.2, 0.25) is 0 Å². The number of benzene rings is 9. The van der Waals surface area contributed by atoms with Crippen LogP contribution in [0.25, 0.3) is 93.6 Å². The highest BCUT2D eigenvalue weighted by Crippen LogP contribution is 2.49. The molecule has 0 spiro atoms. The van der Waals surface area contributed by atoms with Crippen LogP contribution < -0.4 is 4.90 Å². The molecule has 58 heavy (non-hydrogen) atoms. The molecule has 9 aromatic carbocycles. The van der Waals surface area contributed by atoms with E-state index in [1.165, 1.54) is 5.39 Å². The lowest BCUT2D eigenvalue weighted by atomic mass is 9.93. The molecular weight excluding hydrogens is 709 g/mol. The predicted molar refractivity (Wildman–Crippen MR) is 241 cm³/mol. The van der Waals surface area contributed by atoms with E-state index in [1.807, 2.05) is 12.1 Å². The highest BCUT2D eigenvalue weighted by Gasteiger charge is 2.25. The summed E-state index contributed by atoms with van der Waals surface area (Å²) in [5.41, 5.74) is 14.4. The molecule has 0 bridgehead atoms. The van der Waals surface area contributed by atoms with E-state index in [0.717, 1.165) is 105 Å². The molecule has 0 aliphatic heterocycles. The van der Waals surface area contributed by atoms with Gasteiger partial charge in [0.25, 0.3) is 0 Å². The number of furan rings is 2. The third kappa shape index (κ3) is 4.88. The van der Waals surface area contributed by atoms with Crippen molar-refractivity contribution in [1.82, 2.24) is 4.57 Å². The molecule has 3 aromatic heterocycles. The van der Waals surface area contributed by atoms with Gasteiger partial charge in [-0.05, 0) is 66.2 Å². The smallest absolute Gasteiger partial charge is 0.143 e. The van der Waals surface area contributed by atoms with Crippen molar-refractivity contribution >= 4 is 82.7 Å². The molecule has 3 heterocycles. The standard InChI is InChI=1S/C54H34N2O2/c1-4-16-35(17-5-1)50-51-45-27-14-24-41(43-26-15-25-42-40-22-10-12-28-47(40)58-54(42)43)53(45)56(46(51)34-49-52(50)44-23-11-13-29-48(44)57-49)39-32-30-38(31-33-39)55(36-18-6-2-7-19-36)37-20-8-3-9-21-37/h1-34H. The zero-order chi connectivity index (χ0) is 38.2. The lowest BCUT2D eigenvalue weighted by Crippen LogP contribution is -2.09. The van der Waals surface area contributed by atoms with E-state index in [4.69, 9.17) is 8.83 Å². The number of rotatable bonds is 6. The molecule has 0 saturated heterocycles. The fourth-order valence-electron chi connectivity index (χ4n) is 9.12. The number of para-hydroxylation sites is 6. The molecule has 0 amide bonds. The van der Waals surface area contributed by atoms with E-state index in [-0.39, 0.29) is 0 Å². The summed E-state index contributed by atoms with van der Waals surface area (Å²) < 4.78 is 15.9. The Bertz CT molecular complexity index is 3450. The van der Waals surface area contributed by atoms with Gasteiger partial charge in [0.1, 0.15) is 22.3 Å². The van der Waals surface area contributed by atoms with E-state index in [9.17, 15) is 0 Å². The molecule has 0 atom stereocenters. The first-order valence-corrected chi connectivity index (χ1v) is 19.7. The Morgan fingerprint density at radius 2 is 0.931 bits per heavy atom. The topological polar surface area (TPSA) is 34.5 Å². The van der Waals surface area contributed by atoms with Gasteiger partial charge in [-0.25, -0.2) is 0 Å². The maximum atomic E-state index is 6.73. The second-order valence-electron chi connectivity index (χ2n) is 14.8. The maximum absolute atomic E-state index is 6.73. The van der Waals surface area contributed by atoms with Gasteiger partial charge in [0.05, 0.1) is 11.0 Å². The fraction of sp³-hybridized carbons (Fsp3) is 0. The Morgan fingerprint density at radius 3 is 1.64 bits per heavy atom. The lowest BCUT2D eigenvalue weighted by molar-refractivity contribution is 0.669. The highest BCUT2D eigenvalue weighted by molar-refractivity contribution is 6.28. The number of nitrogens with zero attached hydrogens (tertiary/aromatic N) is 2. The summed E-state index contributed by atoms with van der Waals surface area (Å²) >= 11 is 0. The molecule has 272 valence electrons. The molecule has 0 fully saturated rings. The fourth-order valence-corrected chi connectivity index (χ4v) is 9.12. The number of fused-ring (bicyclic) bond motifs is 9. The summed E-state index contributed by atoms with van der Waals surface area (Å²) in [5.74, 6) is 0. The van der Waals surface area contributed by atoms with Crippen molar-refractivity contribution in [3.8, 4) is 27.9 Å². The monoisotopic (exact) mass is 742 g/mol. The quantitative estimate of drug-likeness (QED) is 0.170. The molecule has 0 aliphatic carbocycles. The van der Waals surface area contributed by atoms with Crippen molar-refractivity contribution in [1.29, 1.82) is 0 Å². The molecule has 0 radical (unpaired) electrons. The van der Waals surface area contributed by atoms with Crippen LogP contribution in [-0.4, -0.2) is 4.57 Å². The Hall–Kier alpha value is -7.82. The Morgan fingerprint density at radius 1 is 0.379 bits per heavy atom. The first-order valence-electron chi connectivity index (χ1n) is 19.7. The van der Waals surface area contributed by atoms with Crippen LogP contribution in [0.1, 0.15) is 0 Å². The number of aromatic nitrogens is 1. The normalized spacial score (nSPS) is 11.8. The Kier molecular flexibility index (Phi) is 7.20. The van der Waals surface area contributed by atoms with E-state index in [1.54, 1.807) is 0 Å². The van der Waals surface area contributed by atoms with Gasteiger partial charge in [-0.15, -0.1) is 0 Å². The van der Waals surface area contributed by atoms with Crippen LogP contribution in [0.2, 0.25) is 0 Å². The van der Waals surface area contributed by atoms with Gasteiger partial charge >= 0.3 is 0 Å². The van der Waals surface area contributed by atoms with Crippen molar-refractivity contribution in [3.05, 3.63) is 206 Å². The van der Waals surface area contributed by atoms with Gasteiger partial charge < -0.3 is 18.3 Å². The molecule has 12 rings (SSSR count). The van der Waals surface area contributed by atoms with E-state index < -0.39 is 0 Å². The number of hydrogen-bond donors (Lipinski definition) is 0. The zero-order valence-corrected chi connectivity index (χ0v) is 31.3. The molecule has 0 N–H and O–H groups in total. The average molecular weight is 743 g/mol. The van der Waals surface area contributed by atoms with Crippen LogP contribution >= 0.6 is 0 Å². The van der Waals surface area contributed by atoms with Crippen LogP contribution in [0.5, 0.6) is 0 Å². The molecule has 0 aliphatic rings. The van der Waals surface area contributed by atoms with Crippen LogP contribution in [0.15, 0.2) is 215 Å².